The average molecular weight is 329 g/mol. The molecule has 1 aliphatic rings. The number of benzene rings is 3. The molecule has 1 fully saturated rings. The number of hydrogen-bond donors (Lipinski definition) is 1. The van der Waals surface area contributed by atoms with Crippen LogP contribution in [0, 0.1) is 5.92 Å². The maximum absolute atomic E-state index is 13.1. The summed E-state index contributed by atoms with van der Waals surface area (Å²) in [6, 6.07) is 24.5. The third kappa shape index (κ3) is 3.30. The number of fused-ring (bicyclic) bond motifs is 1. The average Bonchev–Trinajstić information content (AvgIpc) is 3.20. The highest BCUT2D eigenvalue weighted by molar-refractivity contribution is 6.07. The zero-order valence-corrected chi connectivity index (χ0v) is 14.3. The van der Waals surface area contributed by atoms with Gasteiger partial charge in [-0.05, 0) is 41.2 Å². The van der Waals surface area contributed by atoms with Crippen LogP contribution in [-0.2, 0) is 0 Å². The van der Waals surface area contributed by atoms with Crippen LogP contribution in [0.5, 0.6) is 0 Å². The summed E-state index contributed by atoms with van der Waals surface area (Å²) in [5.41, 5.74) is 1.97. The van der Waals surface area contributed by atoms with Crippen molar-refractivity contribution in [2.24, 2.45) is 5.92 Å². The van der Waals surface area contributed by atoms with Gasteiger partial charge in [-0.2, -0.15) is 0 Å². The van der Waals surface area contributed by atoms with E-state index in [0.717, 1.165) is 16.3 Å². The minimum Gasteiger partial charge on any atom is -0.345 e. The van der Waals surface area contributed by atoms with Gasteiger partial charge < -0.3 is 5.32 Å². The zero-order valence-electron chi connectivity index (χ0n) is 14.3. The first-order chi connectivity index (χ1) is 12.3. The summed E-state index contributed by atoms with van der Waals surface area (Å²) in [7, 11) is 0. The minimum absolute atomic E-state index is 0.0255. The molecule has 0 aliphatic heterocycles. The summed E-state index contributed by atoms with van der Waals surface area (Å²) < 4.78 is 0. The lowest BCUT2D eigenvalue weighted by atomic mass is 9.91. The minimum atomic E-state index is 0.0255. The monoisotopic (exact) mass is 329 g/mol. The van der Waals surface area contributed by atoms with Gasteiger partial charge in [0.25, 0.3) is 5.91 Å². The number of carbonyl (C=O) groups excluding carboxylic acids is 1. The van der Waals surface area contributed by atoms with Crippen molar-refractivity contribution in [3.05, 3.63) is 83.9 Å². The van der Waals surface area contributed by atoms with E-state index in [2.05, 4.69) is 41.7 Å². The molecule has 0 bridgehead atoms. The Morgan fingerprint density at radius 2 is 1.52 bits per heavy atom. The molecule has 1 saturated carbocycles. The van der Waals surface area contributed by atoms with Gasteiger partial charge in [-0.25, -0.2) is 0 Å². The number of carbonyl (C=O) groups is 1. The van der Waals surface area contributed by atoms with Gasteiger partial charge in [0.15, 0.2) is 0 Å². The van der Waals surface area contributed by atoms with Crippen molar-refractivity contribution in [1.29, 1.82) is 0 Å². The van der Waals surface area contributed by atoms with Crippen LogP contribution in [-0.4, -0.2) is 5.91 Å². The molecule has 1 N–H and O–H groups in total. The Balaban J connectivity index is 1.66. The maximum Gasteiger partial charge on any atom is 0.252 e. The Morgan fingerprint density at radius 3 is 2.32 bits per heavy atom. The molecule has 1 aliphatic carbocycles. The summed E-state index contributed by atoms with van der Waals surface area (Å²) >= 11 is 0. The van der Waals surface area contributed by atoms with Gasteiger partial charge in [-0.15, -0.1) is 0 Å². The lowest BCUT2D eigenvalue weighted by Gasteiger charge is -2.25. The third-order valence-corrected chi connectivity index (χ3v) is 5.35. The van der Waals surface area contributed by atoms with Crippen LogP contribution in [0.4, 0.5) is 0 Å². The standard InChI is InChI=1S/C23H23NO/c25-23(21-16-8-14-17-9-6-7-15-20(17)21)24-22(19-12-4-5-13-19)18-10-2-1-3-11-18/h1-3,6-11,14-16,19,22H,4-5,12-13H2,(H,24,25)/t22-/m1/s1. The highest BCUT2D eigenvalue weighted by atomic mass is 16.1. The van der Waals surface area contributed by atoms with Gasteiger partial charge in [0.1, 0.15) is 0 Å². The second kappa shape index (κ2) is 7.10. The topological polar surface area (TPSA) is 29.1 Å². The van der Waals surface area contributed by atoms with Crippen LogP contribution in [0.3, 0.4) is 0 Å². The van der Waals surface area contributed by atoms with E-state index >= 15 is 0 Å². The highest BCUT2D eigenvalue weighted by Crippen LogP contribution is 2.36. The van der Waals surface area contributed by atoms with E-state index < -0.39 is 0 Å². The number of nitrogens with one attached hydrogen (secondary N) is 1. The summed E-state index contributed by atoms with van der Waals surface area (Å²) in [5, 5.41) is 5.46. The van der Waals surface area contributed by atoms with Crippen molar-refractivity contribution in [1.82, 2.24) is 5.32 Å². The van der Waals surface area contributed by atoms with E-state index in [4.69, 9.17) is 0 Å². The molecule has 0 heterocycles. The Bertz CT molecular complexity index is 860. The fourth-order valence-corrected chi connectivity index (χ4v) is 4.07. The van der Waals surface area contributed by atoms with Crippen molar-refractivity contribution in [2.75, 3.05) is 0 Å². The molecule has 25 heavy (non-hydrogen) atoms. The summed E-state index contributed by atoms with van der Waals surface area (Å²) in [6.45, 7) is 0. The molecule has 3 aromatic carbocycles. The Hall–Kier alpha value is -2.61. The van der Waals surface area contributed by atoms with Crippen LogP contribution in [0.2, 0.25) is 0 Å². The zero-order chi connectivity index (χ0) is 17.1. The molecule has 126 valence electrons. The highest BCUT2D eigenvalue weighted by Gasteiger charge is 2.28. The summed E-state index contributed by atoms with van der Waals surface area (Å²) in [5.74, 6) is 0.555. The Morgan fingerprint density at radius 1 is 0.840 bits per heavy atom. The van der Waals surface area contributed by atoms with Crippen molar-refractivity contribution in [3.8, 4) is 0 Å². The fraction of sp³-hybridized carbons (Fsp3) is 0.261. The second-order valence-corrected chi connectivity index (χ2v) is 6.93. The molecular formula is C23H23NO. The van der Waals surface area contributed by atoms with Crippen molar-refractivity contribution in [3.63, 3.8) is 0 Å². The summed E-state index contributed by atoms with van der Waals surface area (Å²) in [6.07, 6.45) is 4.90. The molecule has 0 spiro atoms. The normalized spacial score (nSPS) is 16.0. The van der Waals surface area contributed by atoms with E-state index in [0.29, 0.717) is 5.92 Å². The number of amides is 1. The van der Waals surface area contributed by atoms with Gasteiger partial charge in [0.05, 0.1) is 6.04 Å². The second-order valence-electron chi connectivity index (χ2n) is 6.93. The van der Waals surface area contributed by atoms with E-state index in [1.165, 1.54) is 31.2 Å². The van der Waals surface area contributed by atoms with Gasteiger partial charge in [-0.1, -0.05) is 79.6 Å². The molecule has 3 aromatic rings. The molecular weight excluding hydrogens is 306 g/mol. The van der Waals surface area contributed by atoms with Crippen LogP contribution in [0.15, 0.2) is 72.8 Å². The molecule has 0 radical (unpaired) electrons. The largest absolute Gasteiger partial charge is 0.345 e. The van der Waals surface area contributed by atoms with Crippen LogP contribution < -0.4 is 5.32 Å². The quantitative estimate of drug-likeness (QED) is 0.672. The van der Waals surface area contributed by atoms with Crippen LogP contribution >= 0.6 is 0 Å². The smallest absolute Gasteiger partial charge is 0.252 e. The first kappa shape index (κ1) is 15.9. The lowest BCUT2D eigenvalue weighted by molar-refractivity contribution is 0.0923. The SMILES string of the molecule is O=C(N[C@H](c1ccccc1)C1CCCC1)c1cccc2ccccc12. The van der Waals surface area contributed by atoms with Crippen molar-refractivity contribution < 1.29 is 4.79 Å². The van der Waals surface area contributed by atoms with Gasteiger partial charge in [-0.3, -0.25) is 4.79 Å². The molecule has 2 nitrogen and oxygen atoms in total. The van der Waals surface area contributed by atoms with Crippen LogP contribution in [0.1, 0.15) is 47.6 Å². The first-order valence-corrected chi connectivity index (χ1v) is 9.16. The van der Waals surface area contributed by atoms with E-state index in [9.17, 15) is 4.79 Å². The summed E-state index contributed by atoms with van der Waals surface area (Å²) in [4.78, 5) is 13.1. The van der Waals surface area contributed by atoms with E-state index in [-0.39, 0.29) is 11.9 Å². The molecule has 4 rings (SSSR count). The fourth-order valence-electron chi connectivity index (χ4n) is 4.07. The van der Waals surface area contributed by atoms with Crippen LogP contribution in [0.25, 0.3) is 10.8 Å². The van der Waals surface area contributed by atoms with Crippen molar-refractivity contribution >= 4 is 16.7 Å². The molecule has 1 atom stereocenters. The number of hydrogen-bond acceptors (Lipinski definition) is 1. The Kier molecular flexibility index (Phi) is 4.51. The van der Waals surface area contributed by atoms with Gasteiger partial charge in [0.2, 0.25) is 0 Å². The van der Waals surface area contributed by atoms with E-state index in [1.54, 1.807) is 0 Å². The van der Waals surface area contributed by atoms with Gasteiger partial charge in [0, 0.05) is 5.56 Å². The van der Waals surface area contributed by atoms with Gasteiger partial charge >= 0.3 is 0 Å². The third-order valence-electron chi connectivity index (χ3n) is 5.35. The predicted molar refractivity (Wildman–Crippen MR) is 103 cm³/mol. The molecule has 2 heteroatoms. The number of rotatable bonds is 4. The molecule has 0 aromatic heterocycles. The predicted octanol–water partition coefficient (Wildman–Crippen LogP) is 5.50. The Labute approximate surface area is 148 Å². The van der Waals surface area contributed by atoms with E-state index in [1.807, 2.05) is 36.4 Å². The maximum atomic E-state index is 13.1. The van der Waals surface area contributed by atoms with Crippen molar-refractivity contribution in [2.45, 2.75) is 31.7 Å². The first-order valence-electron chi connectivity index (χ1n) is 9.16. The molecule has 1 amide bonds. The molecule has 0 saturated heterocycles. The lowest BCUT2D eigenvalue weighted by Crippen LogP contribution is -2.32. The molecule has 0 unspecified atom stereocenters.